The van der Waals surface area contributed by atoms with Gasteiger partial charge in [-0.3, -0.25) is 19.2 Å². The van der Waals surface area contributed by atoms with Crippen molar-refractivity contribution in [2.24, 2.45) is 0 Å². The molecule has 0 amide bonds. The highest BCUT2D eigenvalue weighted by molar-refractivity contribution is 6.74. The van der Waals surface area contributed by atoms with Gasteiger partial charge in [-0.15, -0.1) is 0 Å². The van der Waals surface area contributed by atoms with Gasteiger partial charge in [0.1, 0.15) is 24.7 Å². The molecule has 0 radical (unpaired) electrons. The van der Waals surface area contributed by atoms with Gasteiger partial charge in [-0.05, 0) is 67.0 Å². The summed E-state index contributed by atoms with van der Waals surface area (Å²) in [6.45, 7) is 15.2. The normalized spacial score (nSPS) is 16.5. The Labute approximate surface area is 231 Å². The summed E-state index contributed by atoms with van der Waals surface area (Å²) in [5.74, 6) is 1.27. The first kappa shape index (κ1) is 28.4. The standard InChI is InChI=1S/C29H38ClN3O4Si/c1-29(2,3)38(4,5)37-27-12-14-32(20-27)16-17-35-25-10-8-24(9-11-25)33-15-13-26(18-28(33)34)36-21-23-7-6-22(30)19-31-23/h6-11,13,15,18-19,27H,12,14,16-17,20-21H2,1-5H3/t27-/m0/s1. The third-order valence-corrected chi connectivity index (χ3v) is 12.1. The van der Waals surface area contributed by atoms with Gasteiger partial charge in [0.15, 0.2) is 8.32 Å². The molecule has 3 aromatic rings. The first-order valence-electron chi connectivity index (χ1n) is 13.1. The summed E-state index contributed by atoms with van der Waals surface area (Å²) < 4.78 is 19.8. The molecule has 9 heteroatoms. The van der Waals surface area contributed by atoms with Gasteiger partial charge < -0.3 is 13.9 Å². The molecule has 38 heavy (non-hydrogen) atoms. The van der Waals surface area contributed by atoms with Crippen molar-refractivity contribution in [2.45, 2.75) is 58.0 Å². The largest absolute Gasteiger partial charge is 0.492 e. The summed E-state index contributed by atoms with van der Waals surface area (Å²) in [6, 6.07) is 14.3. The topological polar surface area (TPSA) is 65.8 Å². The molecule has 0 spiro atoms. The third kappa shape index (κ3) is 7.47. The van der Waals surface area contributed by atoms with Crippen molar-refractivity contribution in [2.75, 3.05) is 26.2 Å². The van der Waals surface area contributed by atoms with E-state index >= 15 is 0 Å². The van der Waals surface area contributed by atoms with E-state index in [9.17, 15) is 4.79 Å². The highest BCUT2D eigenvalue weighted by atomic mass is 35.5. The highest BCUT2D eigenvalue weighted by Gasteiger charge is 2.40. The molecule has 7 nitrogen and oxygen atoms in total. The second-order valence-electron chi connectivity index (χ2n) is 11.3. The average molecular weight is 556 g/mol. The fraction of sp³-hybridized carbons (Fsp3) is 0.448. The number of likely N-dealkylation sites (tertiary alicyclic amines) is 1. The number of aromatic nitrogens is 2. The summed E-state index contributed by atoms with van der Waals surface area (Å²) in [7, 11) is -1.74. The third-order valence-electron chi connectivity index (χ3n) is 7.35. The molecule has 0 N–H and O–H groups in total. The molecular weight excluding hydrogens is 518 g/mol. The van der Waals surface area contributed by atoms with Gasteiger partial charge in [0.05, 0.1) is 16.8 Å². The molecule has 0 bridgehead atoms. The Hall–Kier alpha value is -2.65. The maximum Gasteiger partial charge on any atom is 0.258 e. The molecular formula is C29H38ClN3O4Si. The van der Waals surface area contributed by atoms with E-state index in [2.05, 4.69) is 43.7 Å². The van der Waals surface area contributed by atoms with Crippen LogP contribution in [0.3, 0.4) is 0 Å². The van der Waals surface area contributed by atoms with E-state index < -0.39 is 8.32 Å². The number of hydrogen-bond donors (Lipinski definition) is 0. The quantitative estimate of drug-likeness (QED) is 0.288. The lowest BCUT2D eigenvalue weighted by atomic mass is 10.2. The molecule has 0 unspecified atom stereocenters. The van der Waals surface area contributed by atoms with Crippen molar-refractivity contribution < 1.29 is 13.9 Å². The van der Waals surface area contributed by atoms with E-state index in [1.165, 1.54) is 6.07 Å². The minimum absolute atomic E-state index is 0.177. The van der Waals surface area contributed by atoms with Crippen LogP contribution in [0.25, 0.3) is 5.69 Å². The predicted molar refractivity (Wildman–Crippen MR) is 154 cm³/mol. The SMILES string of the molecule is CC(C)(C)[Si](C)(C)O[C@H]1CCN(CCOc2ccc(-n3ccc(OCc4ccc(Cl)cn4)cc3=O)cc2)C1. The van der Waals surface area contributed by atoms with Gasteiger partial charge in [0.2, 0.25) is 0 Å². The van der Waals surface area contributed by atoms with Crippen molar-refractivity contribution in [3.63, 3.8) is 0 Å². The molecule has 1 saturated heterocycles. The van der Waals surface area contributed by atoms with Crippen LogP contribution in [0.2, 0.25) is 23.2 Å². The Kier molecular flexibility index (Phi) is 8.98. The number of hydrogen-bond acceptors (Lipinski definition) is 6. The Morgan fingerprint density at radius 1 is 1.05 bits per heavy atom. The van der Waals surface area contributed by atoms with Crippen molar-refractivity contribution in [3.05, 3.63) is 82.0 Å². The summed E-state index contributed by atoms with van der Waals surface area (Å²) >= 11 is 5.86. The van der Waals surface area contributed by atoms with Crippen molar-refractivity contribution in [1.29, 1.82) is 0 Å². The summed E-state index contributed by atoms with van der Waals surface area (Å²) in [5, 5.41) is 0.798. The van der Waals surface area contributed by atoms with E-state index in [1.807, 2.05) is 24.3 Å². The Morgan fingerprint density at radius 2 is 1.82 bits per heavy atom. The Bertz CT molecular complexity index is 1260. The van der Waals surface area contributed by atoms with Crippen LogP contribution in [0, 0.1) is 0 Å². The molecule has 204 valence electrons. The van der Waals surface area contributed by atoms with Crippen LogP contribution >= 0.6 is 11.6 Å². The number of ether oxygens (including phenoxy) is 2. The zero-order valence-corrected chi connectivity index (χ0v) is 24.7. The van der Waals surface area contributed by atoms with E-state index in [1.54, 1.807) is 35.2 Å². The molecule has 1 atom stereocenters. The Balaban J connectivity index is 1.24. The van der Waals surface area contributed by atoms with Crippen LogP contribution < -0.4 is 15.0 Å². The van der Waals surface area contributed by atoms with E-state index in [0.717, 1.165) is 43.2 Å². The molecule has 1 aromatic carbocycles. The lowest BCUT2D eigenvalue weighted by Gasteiger charge is -2.38. The van der Waals surface area contributed by atoms with Crippen LogP contribution in [-0.4, -0.2) is 55.1 Å². The van der Waals surface area contributed by atoms with Gasteiger partial charge in [0.25, 0.3) is 5.56 Å². The zero-order chi connectivity index (χ0) is 27.3. The molecule has 2 aromatic heterocycles. The smallest absolute Gasteiger partial charge is 0.258 e. The van der Waals surface area contributed by atoms with Gasteiger partial charge in [-0.25, -0.2) is 0 Å². The maximum atomic E-state index is 12.7. The first-order chi connectivity index (χ1) is 18.0. The molecule has 1 fully saturated rings. The molecule has 3 heterocycles. The maximum absolute atomic E-state index is 12.7. The number of rotatable bonds is 10. The average Bonchev–Trinajstić information content (AvgIpc) is 3.30. The fourth-order valence-corrected chi connectivity index (χ4v) is 5.59. The van der Waals surface area contributed by atoms with Crippen molar-refractivity contribution in [3.8, 4) is 17.2 Å². The molecule has 1 aliphatic rings. The lowest BCUT2D eigenvalue weighted by Crippen LogP contribution is -2.44. The molecule has 0 saturated carbocycles. The molecule has 0 aliphatic carbocycles. The molecule has 1 aliphatic heterocycles. The second kappa shape index (κ2) is 12.0. The van der Waals surface area contributed by atoms with Crippen LogP contribution in [0.4, 0.5) is 0 Å². The van der Waals surface area contributed by atoms with Crippen molar-refractivity contribution in [1.82, 2.24) is 14.5 Å². The van der Waals surface area contributed by atoms with Crippen LogP contribution in [0.15, 0.2) is 65.7 Å². The lowest BCUT2D eigenvalue weighted by molar-refractivity contribution is 0.172. The van der Waals surface area contributed by atoms with Gasteiger partial charge in [-0.2, -0.15) is 0 Å². The van der Waals surface area contributed by atoms with Crippen molar-refractivity contribution >= 4 is 19.9 Å². The summed E-state index contributed by atoms with van der Waals surface area (Å²) in [5.41, 5.74) is 1.32. The van der Waals surface area contributed by atoms with E-state index in [-0.39, 0.29) is 17.2 Å². The predicted octanol–water partition coefficient (Wildman–Crippen LogP) is 5.94. The highest BCUT2D eigenvalue weighted by Crippen LogP contribution is 2.38. The second-order valence-corrected chi connectivity index (χ2v) is 16.5. The minimum Gasteiger partial charge on any atom is -0.492 e. The molecule has 4 rings (SSSR count). The fourth-order valence-electron chi connectivity index (χ4n) is 4.10. The van der Waals surface area contributed by atoms with Crippen LogP contribution in [0.1, 0.15) is 32.9 Å². The number of halogens is 1. The van der Waals surface area contributed by atoms with E-state index in [0.29, 0.717) is 23.5 Å². The van der Waals surface area contributed by atoms with Gasteiger partial charge in [0, 0.05) is 43.8 Å². The minimum atomic E-state index is -1.74. The van der Waals surface area contributed by atoms with Crippen LogP contribution in [0.5, 0.6) is 11.5 Å². The van der Waals surface area contributed by atoms with Crippen LogP contribution in [-0.2, 0) is 11.0 Å². The Morgan fingerprint density at radius 3 is 2.47 bits per heavy atom. The van der Waals surface area contributed by atoms with Gasteiger partial charge in [-0.1, -0.05) is 32.4 Å². The zero-order valence-electron chi connectivity index (χ0n) is 22.9. The number of benzene rings is 1. The number of pyridine rings is 2. The first-order valence-corrected chi connectivity index (χ1v) is 16.4. The summed E-state index contributed by atoms with van der Waals surface area (Å²) in [4.78, 5) is 19.3. The monoisotopic (exact) mass is 555 g/mol. The summed E-state index contributed by atoms with van der Waals surface area (Å²) in [6.07, 6.45) is 4.68. The van der Waals surface area contributed by atoms with Gasteiger partial charge >= 0.3 is 0 Å². The number of nitrogens with zero attached hydrogens (tertiary/aromatic N) is 3. The van der Waals surface area contributed by atoms with E-state index in [4.69, 9.17) is 25.5 Å².